The number of halogens is 3. The van der Waals surface area contributed by atoms with Crippen molar-refractivity contribution in [2.75, 3.05) is 31.2 Å². The van der Waals surface area contributed by atoms with Crippen molar-refractivity contribution in [3.8, 4) is 0 Å². The highest BCUT2D eigenvalue weighted by Crippen LogP contribution is 2.33. The van der Waals surface area contributed by atoms with Gasteiger partial charge in [0.2, 0.25) is 5.95 Å². The van der Waals surface area contributed by atoms with Crippen LogP contribution < -0.4 is 10.2 Å². The van der Waals surface area contributed by atoms with Crippen LogP contribution in [0.3, 0.4) is 0 Å². The lowest BCUT2D eigenvalue weighted by atomic mass is 9.86. The van der Waals surface area contributed by atoms with E-state index in [1.807, 2.05) is 4.90 Å². The third-order valence-corrected chi connectivity index (χ3v) is 4.51. The molecule has 3 heterocycles. The number of rotatable bonds is 3. The third-order valence-electron chi connectivity index (χ3n) is 4.51. The van der Waals surface area contributed by atoms with Crippen LogP contribution in [0.5, 0.6) is 0 Å². The average Bonchev–Trinajstić information content (AvgIpc) is 2.98. The van der Waals surface area contributed by atoms with E-state index >= 15 is 0 Å². The van der Waals surface area contributed by atoms with E-state index in [9.17, 15) is 18.0 Å². The lowest BCUT2D eigenvalue weighted by Crippen LogP contribution is -2.53. The van der Waals surface area contributed by atoms with Gasteiger partial charge in [-0.2, -0.15) is 13.2 Å². The monoisotopic (exact) mass is 384 g/mol. The number of aromatic nitrogens is 2. The third kappa shape index (κ3) is 4.02. The minimum Gasteiger partial charge on any atom is -0.378 e. The van der Waals surface area contributed by atoms with Gasteiger partial charge in [-0.05, 0) is 17.5 Å². The summed E-state index contributed by atoms with van der Waals surface area (Å²) in [5.74, 6) is -0.311. The van der Waals surface area contributed by atoms with Crippen molar-refractivity contribution >= 4 is 17.4 Å². The summed E-state index contributed by atoms with van der Waals surface area (Å²) in [4.78, 5) is 19.1. The first-order valence-electron chi connectivity index (χ1n) is 8.76. The van der Waals surface area contributed by atoms with Gasteiger partial charge in [-0.1, -0.05) is 26.8 Å². The second-order valence-corrected chi connectivity index (χ2v) is 7.63. The van der Waals surface area contributed by atoms with Crippen molar-refractivity contribution in [3.05, 3.63) is 30.1 Å². The molecule has 3 rings (SSSR count). The van der Waals surface area contributed by atoms with Crippen LogP contribution in [0, 0.1) is 5.41 Å². The number of anilines is 1. The highest BCUT2D eigenvalue weighted by molar-refractivity contribution is 6.00. The van der Waals surface area contributed by atoms with Gasteiger partial charge < -0.3 is 15.0 Å². The van der Waals surface area contributed by atoms with Crippen LogP contribution in [0.1, 0.15) is 31.3 Å². The predicted octanol–water partition coefficient (Wildman–Crippen LogP) is 2.88. The SMILES string of the molecule is CC(C)(C)[C@@H](NC(=O)c1nc(N2CCOCC2)n2ccccc12)C(F)(F)F. The molecule has 6 nitrogen and oxygen atoms in total. The van der Waals surface area contributed by atoms with E-state index in [1.54, 1.807) is 28.8 Å². The van der Waals surface area contributed by atoms with E-state index in [4.69, 9.17) is 4.74 Å². The molecule has 1 amide bonds. The van der Waals surface area contributed by atoms with Crippen LogP contribution in [0.15, 0.2) is 24.4 Å². The topological polar surface area (TPSA) is 58.9 Å². The summed E-state index contributed by atoms with van der Waals surface area (Å²) >= 11 is 0. The molecule has 9 heteroatoms. The quantitative estimate of drug-likeness (QED) is 0.884. The lowest BCUT2D eigenvalue weighted by Gasteiger charge is -2.32. The Hall–Kier alpha value is -2.29. The molecule has 2 aromatic heterocycles. The standard InChI is InChI=1S/C18H23F3N4O2/c1-17(2,3)15(18(19,20)21)23-14(26)13-12-6-4-5-7-25(12)16(22-13)24-8-10-27-11-9-24/h4-7,15H,8-11H2,1-3H3,(H,23,26)/t15-/m1/s1. The number of nitrogens with zero attached hydrogens (tertiary/aromatic N) is 3. The fraction of sp³-hybridized carbons (Fsp3) is 0.556. The molecule has 1 atom stereocenters. The zero-order valence-corrected chi connectivity index (χ0v) is 15.5. The number of hydrogen-bond acceptors (Lipinski definition) is 4. The van der Waals surface area contributed by atoms with Gasteiger partial charge in [-0.15, -0.1) is 0 Å². The molecule has 0 bridgehead atoms. The first-order valence-corrected chi connectivity index (χ1v) is 8.76. The van der Waals surface area contributed by atoms with Crippen LogP contribution in [-0.2, 0) is 4.74 Å². The summed E-state index contributed by atoms with van der Waals surface area (Å²) in [6, 6.07) is 3.20. The molecule has 0 aliphatic carbocycles. The lowest BCUT2D eigenvalue weighted by molar-refractivity contribution is -0.174. The van der Waals surface area contributed by atoms with Crippen LogP contribution in [0.25, 0.3) is 5.52 Å². The molecular formula is C18H23F3N4O2. The Balaban J connectivity index is 1.97. The summed E-state index contributed by atoms with van der Waals surface area (Å²) in [5.41, 5.74) is -0.738. The van der Waals surface area contributed by atoms with Gasteiger partial charge in [0, 0.05) is 19.3 Å². The fourth-order valence-corrected chi connectivity index (χ4v) is 3.16. The largest absolute Gasteiger partial charge is 0.409 e. The molecule has 0 aromatic carbocycles. The smallest absolute Gasteiger partial charge is 0.378 e. The average molecular weight is 384 g/mol. The summed E-state index contributed by atoms with van der Waals surface area (Å²) in [5, 5.41) is 2.14. The Kier molecular flexibility index (Phi) is 5.07. The molecule has 27 heavy (non-hydrogen) atoms. The first-order chi connectivity index (χ1) is 12.6. The Morgan fingerprint density at radius 2 is 1.89 bits per heavy atom. The number of ether oxygens (including phenoxy) is 1. The number of nitrogens with one attached hydrogen (secondary N) is 1. The number of imidazole rings is 1. The summed E-state index contributed by atoms with van der Waals surface area (Å²) < 4.78 is 47.4. The molecule has 1 aliphatic rings. The zero-order valence-electron chi connectivity index (χ0n) is 15.5. The second-order valence-electron chi connectivity index (χ2n) is 7.63. The molecular weight excluding hydrogens is 361 g/mol. The van der Waals surface area contributed by atoms with E-state index in [0.717, 1.165) is 0 Å². The number of hydrogen-bond donors (Lipinski definition) is 1. The summed E-state index contributed by atoms with van der Waals surface area (Å²) in [6.07, 6.45) is -2.81. The minimum absolute atomic E-state index is 0.0180. The van der Waals surface area contributed by atoms with Crippen molar-refractivity contribution in [3.63, 3.8) is 0 Å². The van der Waals surface area contributed by atoms with Crippen LogP contribution in [-0.4, -0.2) is 53.8 Å². The molecule has 1 N–H and O–H groups in total. The van der Waals surface area contributed by atoms with E-state index < -0.39 is 23.5 Å². The number of carbonyl (C=O) groups excluding carboxylic acids is 1. The van der Waals surface area contributed by atoms with E-state index in [0.29, 0.717) is 37.8 Å². The maximum atomic E-state index is 13.4. The Morgan fingerprint density at radius 3 is 2.48 bits per heavy atom. The molecule has 148 valence electrons. The Bertz CT molecular complexity index is 806. The molecule has 0 unspecified atom stereocenters. The fourth-order valence-electron chi connectivity index (χ4n) is 3.16. The van der Waals surface area contributed by atoms with E-state index in [2.05, 4.69) is 10.3 Å². The number of morpholine rings is 1. The zero-order chi connectivity index (χ0) is 19.8. The van der Waals surface area contributed by atoms with Crippen molar-refractivity contribution in [2.45, 2.75) is 33.0 Å². The van der Waals surface area contributed by atoms with Crippen LogP contribution in [0.2, 0.25) is 0 Å². The first kappa shape index (κ1) is 19.5. The molecule has 2 aromatic rings. The summed E-state index contributed by atoms with van der Waals surface area (Å²) in [6.45, 7) is 6.58. The van der Waals surface area contributed by atoms with E-state index in [-0.39, 0.29) is 5.69 Å². The van der Waals surface area contributed by atoms with Crippen molar-refractivity contribution in [1.29, 1.82) is 0 Å². The number of pyridine rings is 1. The minimum atomic E-state index is -4.56. The molecule has 1 fully saturated rings. The van der Waals surface area contributed by atoms with Crippen molar-refractivity contribution in [2.24, 2.45) is 5.41 Å². The van der Waals surface area contributed by atoms with Crippen LogP contribution >= 0.6 is 0 Å². The maximum Gasteiger partial charge on any atom is 0.409 e. The van der Waals surface area contributed by atoms with Gasteiger partial charge in [-0.25, -0.2) is 4.98 Å². The summed E-state index contributed by atoms with van der Waals surface area (Å²) in [7, 11) is 0. The van der Waals surface area contributed by atoms with Crippen molar-refractivity contribution in [1.82, 2.24) is 14.7 Å². The van der Waals surface area contributed by atoms with Gasteiger partial charge in [0.25, 0.3) is 5.91 Å². The predicted molar refractivity (Wildman–Crippen MR) is 95.0 cm³/mol. The second kappa shape index (κ2) is 7.03. The molecule has 0 radical (unpaired) electrons. The number of alkyl halides is 3. The number of carbonyl (C=O) groups is 1. The highest BCUT2D eigenvalue weighted by atomic mass is 19.4. The normalized spacial score (nSPS) is 17.2. The number of fused-ring (bicyclic) bond motifs is 1. The molecule has 1 saturated heterocycles. The maximum absolute atomic E-state index is 13.4. The Morgan fingerprint density at radius 1 is 1.22 bits per heavy atom. The van der Waals surface area contributed by atoms with Gasteiger partial charge in [0.15, 0.2) is 5.69 Å². The van der Waals surface area contributed by atoms with Gasteiger partial charge in [0.05, 0.1) is 18.7 Å². The van der Waals surface area contributed by atoms with Gasteiger partial charge in [-0.3, -0.25) is 9.20 Å². The number of amides is 1. The molecule has 0 spiro atoms. The van der Waals surface area contributed by atoms with Gasteiger partial charge >= 0.3 is 6.18 Å². The van der Waals surface area contributed by atoms with Crippen molar-refractivity contribution < 1.29 is 22.7 Å². The van der Waals surface area contributed by atoms with E-state index in [1.165, 1.54) is 20.8 Å². The highest BCUT2D eigenvalue weighted by Gasteiger charge is 2.48. The van der Waals surface area contributed by atoms with Crippen LogP contribution in [0.4, 0.5) is 19.1 Å². The molecule has 1 aliphatic heterocycles. The van der Waals surface area contributed by atoms with Gasteiger partial charge in [0.1, 0.15) is 6.04 Å². The Labute approximate surface area is 155 Å². The molecule has 0 saturated carbocycles.